The van der Waals surface area contributed by atoms with Gasteiger partial charge in [-0.3, -0.25) is 4.79 Å². The van der Waals surface area contributed by atoms with Crippen LogP contribution in [-0.4, -0.2) is 18.4 Å². The lowest BCUT2D eigenvalue weighted by Gasteiger charge is -2.01. The van der Waals surface area contributed by atoms with E-state index in [0.29, 0.717) is 6.61 Å². The van der Waals surface area contributed by atoms with E-state index in [2.05, 4.69) is 6.92 Å². The molecule has 0 fully saturated rings. The quantitative estimate of drug-likeness (QED) is 0.358. The molecule has 14 heavy (non-hydrogen) atoms. The second-order valence-electron chi connectivity index (χ2n) is 3.09. The zero-order valence-corrected chi connectivity index (χ0v) is 8.91. The van der Waals surface area contributed by atoms with Gasteiger partial charge in [-0.1, -0.05) is 19.1 Å². The Hall–Kier alpha value is -1.12. The Morgan fingerprint density at radius 3 is 2.50 bits per heavy atom. The maximum atomic E-state index is 11.0. The van der Waals surface area contributed by atoms with Gasteiger partial charge in [0, 0.05) is 6.42 Å². The maximum Gasteiger partial charge on any atom is 0.306 e. The Bertz CT molecular complexity index is 207. The number of esters is 1. The molecule has 0 atom stereocenters. The number of Topliss-reactive ketones (excluding diaryl/α,β-unsaturated/α-hetero) is 1. The van der Waals surface area contributed by atoms with Crippen LogP contribution in [0.2, 0.25) is 0 Å². The molecule has 3 nitrogen and oxygen atoms in total. The summed E-state index contributed by atoms with van der Waals surface area (Å²) < 4.78 is 4.90. The summed E-state index contributed by atoms with van der Waals surface area (Å²) in [5.74, 6) is -0.266. The molecule has 0 aliphatic heterocycles. The number of hydrogen-bond donors (Lipinski definition) is 0. The van der Waals surface area contributed by atoms with E-state index in [1.54, 1.807) is 0 Å². The molecule has 3 heteroatoms. The van der Waals surface area contributed by atoms with Crippen LogP contribution in [0.1, 0.15) is 39.5 Å². The van der Waals surface area contributed by atoms with Crippen molar-refractivity contribution in [2.45, 2.75) is 39.5 Å². The topological polar surface area (TPSA) is 43.4 Å². The number of carbonyl (C=O) groups is 2. The molecule has 0 saturated carbocycles. The van der Waals surface area contributed by atoms with E-state index < -0.39 is 0 Å². The average molecular weight is 198 g/mol. The second-order valence-corrected chi connectivity index (χ2v) is 3.09. The highest BCUT2D eigenvalue weighted by Crippen LogP contribution is 1.95. The zero-order chi connectivity index (χ0) is 10.8. The van der Waals surface area contributed by atoms with Gasteiger partial charge in [-0.05, 0) is 19.8 Å². The summed E-state index contributed by atoms with van der Waals surface area (Å²) in [7, 11) is 0. The molecule has 0 aromatic carbocycles. The smallest absolute Gasteiger partial charge is 0.306 e. The molecular weight excluding hydrogens is 180 g/mol. The third kappa shape index (κ3) is 8.97. The first-order chi connectivity index (χ1) is 6.66. The van der Waals surface area contributed by atoms with Gasteiger partial charge in [-0.2, -0.15) is 0 Å². The van der Waals surface area contributed by atoms with Crippen molar-refractivity contribution >= 4 is 11.8 Å². The molecular formula is C11H18O3. The number of ether oxygens (including phenoxy) is 1. The summed E-state index contributed by atoms with van der Waals surface area (Å²) in [6.45, 7) is 3.93. The highest BCUT2D eigenvalue weighted by molar-refractivity contribution is 5.80. The van der Waals surface area contributed by atoms with Crippen molar-refractivity contribution in [3.63, 3.8) is 0 Å². The zero-order valence-electron chi connectivity index (χ0n) is 8.91. The number of allylic oxidation sites excluding steroid dienone is 1. The van der Waals surface area contributed by atoms with Crippen LogP contribution < -0.4 is 0 Å². The van der Waals surface area contributed by atoms with Crippen molar-refractivity contribution < 1.29 is 14.3 Å². The van der Waals surface area contributed by atoms with Crippen LogP contribution >= 0.6 is 0 Å². The summed E-state index contributed by atoms with van der Waals surface area (Å²) in [6.07, 6.45) is 6.25. The number of rotatable bonds is 7. The van der Waals surface area contributed by atoms with Crippen LogP contribution in [0.3, 0.4) is 0 Å². The highest BCUT2D eigenvalue weighted by Gasteiger charge is 2.03. The SMILES string of the molecule is CC/C=C\CCOC(=O)CCC(C)=O. The second kappa shape index (κ2) is 8.48. The first-order valence-corrected chi connectivity index (χ1v) is 4.97. The van der Waals surface area contributed by atoms with E-state index >= 15 is 0 Å². The fraction of sp³-hybridized carbons (Fsp3) is 0.636. The van der Waals surface area contributed by atoms with Crippen LogP contribution in [0.4, 0.5) is 0 Å². The predicted octanol–water partition coefficient (Wildman–Crippen LogP) is 2.26. The van der Waals surface area contributed by atoms with E-state index in [1.165, 1.54) is 6.92 Å². The van der Waals surface area contributed by atoms with E-state index in [4.69, 9.17) is 4.74 Å². The summed E-state index contributed by atoms with van der Waals surface area (Å²) in [5, 5.41) is 0. The minimum atomic E-state index is -0.287. The van der Waals surface area contributed by atoms with Crippen molar-refractivity contribution in [2.75, 3.05) is 6.61 Å². The van der Waals surface area contributed by atoms with Crippen LogP contribution in [0.25, 0.3) is 0 Å². The summed E-state index contributed by atoms with van der Waals surface area (Å²) in [4.78, 5) is 21.5. The average Bonchev–Trinajstić information content (AvgIpc) is 2.14. The van der Waals surface area contributed by atoms with E-state index in [9.17, 15) is 9.59 Å². The monoisotopic (exact) mass is 198 g/mol. The molecule has 0 aromatic heterocycles. The molecule has 0 amide bonds. The van der Waals surface area contributed by atoms with Crippen molar-refractivity contribution in [1.82, 2.24) is 0 Å². The van der Waals surface area contributed by atoms with Crippen molar-refractivity contribution in [3.05, 3.63) is 12.2 Å². The largest absolute Gasteiger partial charge is 0.465 e. The Morgan fingerprint density at radius 1 is 1.21 bits per heavy atom. The lowest BCUT2D eigenvalue weighted by atomic mass is 10.2. The molecule has 0 saturated heterocycles. The van der Waals surface area contributed by atoms with Gasteiger partial charge < -0.3 is 9.53 Å². The number of hydrogen-bond acceptors (Lipinski definition) is 3. The summed E-state index contributed by atoms with van der Waals surface area (Å²) >= 11 is 0. The molecule has 0 aliphatic carbocycles. The molecule has 0 radical (unpaired) electrons. The molecule has 0 heterocycles. The molecule has 0 rings (SSSR count). The Labute approximate surface area is 85.1 Å². The molecule has 0 spiro atoms. The first kappa shape index (κ1) is 12.9. The van der Waals surface area contributed by atoms with Crippen LogP contribution in [0, 0.1) is 0 Å². The molecule has 0 aliphatic rings. The minimum Gasteiger partial charge on any atom is -0.465 e. The van der Waals surface area contributed by atoms with E-state index in [0.717, 1.165) is 12.8 Å². The fourth-order valence-corrected chi connectivity index (χ4v) is 0.876. The van der Waals surface area contributed by atoms with Crippen molar-refractivity contribution in [1.29, 1.82) is 0 Å². The van der Waals surface area contributed by atoms with Crippen molar-refractivity contribution in [3.8, 4) is 0 Å². The predicted molar refractivity (Wildman–Crippen MR) is 54.9 cm³/mol. The molecule has 0 N–H and O–H groups in total. The maximum absolute atomic E-state index is 11.0. The first-order valence-electron chi connectivity index (χ1n) is 4.97. The molecule has 0 bridgehead atoms. The third-order valence-electron chi connectivity index (χ3n) is 1.63. The standard InChI is InChI=1S/C11H18O3/c1-3-4-5-6-9-14-11(13)8-7-10(2)12/h4-5H,3,6-9H2,1-2H3/b5-4-. The summed E-state index contributed by atoms with van der Waals surface area (Å²) in [6, 6.07) is 0. The fourth-order valence-electron chi connectivity index (χ4n) is 0.876. The van der Waals surface area contributed by atoms with Crippen molar-refractivity contribution in [2.24, 2.45) is 0 Å². The normalized spacial score (nSPS) is 10.4. The molecule has 0 unspecified atom stereocenters. The van der Waals surface area contributed by atoms with Gasteiger partial charge in [0.15, 0.2) is 0 Å². The van der Waals surface area contributed by atoms with Crippen LogP contribution in [-0.2, 0) is 14.3 Å². The lowest BCUT2D eigenvalue weighted by Crippen LogP contribution is -2.06. The number of ketones is 1. The van der Waals surface area contributed by atoms with Gasteiger partial charge in [0.25, 0.3) is 0 Å². The van der Waals surface area contributed by atoms with Crippen LogP contribution in [0.5, 0.6) is 0 Å². The van der Waals surface area contributed by atoms with Gasteiger partial charge in [-0.15, -0.1) is 0 Å². The Kier molecular flexibility index (Phi) is 7.80. The molecule has 80 valence electrons. The molecule has 0 aromatic rings. The highest BCUT2D eigenvalue weighted by atomic mass is 16.5. The lowest BCUT2D eigenvalue weighted by molar-refractivity contribution is -0.144. The minimum absolute atomic E-state index is 0.0211. The Balaban J connectivity index is 3.35. The summed E-state index contributed by atoms with van der Waals surface area (Å²) in [5.41, 5.74) is 0. The third-order valence-corrected chi connectivity index (χ3v) is 1.63. The van der Waals surface area contributed by atoms with Gasteiger partial charge in [-0.25, -0.2) is 0 Å². The Morgan fingerprint density at radius 2 is 1.93 bits per heavy atom. The van der Waals surface area contributed by atoms with E-state index in [-0.39, 0.29) is 24.6 Å². The van der Waals surface area contributed by atoms with Gasteiger partial charge >= 0.3 is 5.97 Å². The van der Waals surface area contributed by atoms with E-state index in [1.807, 2.05) is 12.2 Å². The van der Waals surface area contributed by atoms with Crippen LogP contribution in [0.15, 0.2) is 12.2 Å². The number of carbonyl (C=O) groups excluding carboxylic acids is 2. The van der Waals surface area contributed by atoms with Gasteiger partial charge in [0.2, 0.25) is 0 Å². The van der Waals surface area contributed by atoms with Gasteiger partial charge in [0.1, 0.15) is 5.78 Å². The van der Waals surface area contributed by atoms with Gasteiger partial charge in [0.05, 0.1) is 13.0 Å².